The summed E-state index contributed by atoms with van der Waals surface area (Å²) >= 11 is 0. The lowest BCUT2D eigenvalue weighted by atomic mass is 9.91. The van der Waals surface area contributed by atoms with Crippen LogP contribution in [0.4, 0.5) is 4.39 Å². The van der Waals surface area contributed by atoms with Crippen molar-refractivity contribution in [3.63, 3.8) is 0 Å². The molecule has 1 aliphatic rings. The number of alkyl halides is 1. The van der Waals surface area contributed by atoms with E-state index >= 15 is 0 Å². The minimum Gasteiger partial charge on any atom is -0.347 e. The van der Waals surface area contributed by atoms with Gasteiger partial charge in [-0.3, -0.25) is 9.59 Å². The molecule has 0 aliphatic carbocycles. The third kappa shape index (κ3) is 5.70. The van der Waals surface area contributed by atoms with E-state index in [1.165, 1.54) is 4.90 Å². The van der Waals surface area contributed by atoms with Crippen LogP contribution in [0.25, 0.3) is 11.1 Å². The van der Waals surface area contributed by atoms with E-state index in [0.29, 0.717) is 18.5 Å². The van der Waals surface area contributed by atoms with Gasteiger partial charge in [-0.15, -0.1) is 0 Å². The van der Waals surface area contributed by atoms with Gasteiger partial charge in [-0.1, -0.05) is 43.3 Å². The number of hydrogen-bond donors (Lipinski definition) is 2. The van der Waals surface area contributed by atoms with Crippen molar-refractivity contribution in [1.82, 2.24) is 10.2 Å². The van der Waals surface area contributed by atoms with Gasteiger partial charge in [0.25, 0.3) is 5.91 Å². The van der Waals surface area contributed by atoms with E-state index in [0.717, 1.165) is 16.7 Å². The number of halogens is 1. The van der Waals surface area contributed by atoms with E-state index in [1.54, 1.807) is 6.07 Å². The maximum absolute atomic E-state index is 13.4. The first kappa shape index (κ1) is 22.9. The zero-order valence-corrected chi connectivity index (χ0v) is 18.7. The monoisotopic (exact) mass is 425 g/mol. The number of amides is 2. The molecule has 6 heteroatoms. The molecule has 0 radical (unpaired) electrons. The highest BCUT2D eigenvalue weighted by Gasteiger charge is 2.32. The van der Waals surface area contributed by atoms with Crippen LogP contribution >= 0.6 is 0 Å². The van der Waals surface area contributed by atoms with Gasteiger partial charge in [-0.25, -0.2) is 4.39 Å². The summed E-state index contributed by atoms with van der Waals surface area (Å²) in [6, 6.07) is 14.6. The van der Waals surface area contributed by atoms with E-state index in [1.807, 2.05) is 70.2 Å². The van der Waals surface area contributed by atoms with Crippen molar-refractivity contribution in [2.75, 3.05) is 13.1 Å². The number of likely N-dealkylation sites (tertiary alicyclic amines) is 1. The van der Waals surface area contributed by atoms with Crippen LogP contribution in [0, 0.1) is 0 Å². The van der Waals surface area contributed by atoms with Gasteiger partial charge in [0.05, 0.1) is 12.6 Å². The van der Waals surface area contributed by atoms with Crippen LogP contribution in [-0.4, -0.2) is 47.6 Å². The fourth-order valence-corrected chi connectivity index (χ4v) is 3.78. The lowest BCUT2D eigenvalue weighted by molar-refractivity contribution is -0.132. The lowest BCUT2D eigenvalue weighted by Crippen LogP contribution is -2.45. The van der Waals surface area contributed by atoms with Crippen molar-refractivity contribution in [2.45, 2.75) is 57.8 Å². The smallest absolute Gasteiger partial charge is 0.251 e. The Bertz CT molecular complexity index is 937. The van der Waals surface area contributed by atoms with Gasteiger partial charge < -0.3 is 16.0 Å². The zero-order valence-electron chi connectivity index (χ0n) is 18.7. The minimum absolute atomic E-state index is 0.110. The molecule has 3 rings (SSSR count). The van der Waals surface area contributed by atoms with E-state index in [2.05, 4.69) is 5.32 Å². The first-order valence-corrected chi connectivity index (χ1v) is 10.8. The summed E-state index contributed by atoms with van der Waals surface area (Å²) in [7, 11) is 0. The molecule has 1 saturated heterocycles. The van der Waals surface area contributed by atoms with Gasteiger partial charge in [0, 0.05) is 23.6 Å². The summed E-state index contributed by atoms with van der Waals surface area (Å²) in [5.74, 6) is -0.500. The molecule has 166 valence electrons. The predicted octanol–water partition coefficient (Wildman–Crippen LogP) is 3.88. The number of nitrogens with zero attached hydrogens (tertiary/aromatic N) is 1. The number of rotatable bonds is 5. The number of carbonyl (C=O) groups excluding carboxylic acids is 2. The SMILES string of the molecule is C[C@@H](c1ccc(-c2cccc(C(=O)NC(C)(C)C)c2)cc1)[C@H](N)C(=O)N1CC[C@H](F)C1. The number of benzene rings is 2. The fourth-order valence-electron chi connectivity index (χ4n) is 3.78. The average molecular weight is 426 g/mol. The van der Waals surface area contributed by atoms with Crippen molar-refractivity contribution in [2.24, 2.45) is 5.73 Å². The van der Waals surface area contributed by atoms with Crippen LogP contribution in [0.2, 0.25) is 0 Å². The van der Waals surface area contributed by atoms with Gasteiger partial charge in [-0.2, -0.15) is 0 Å². The van der Waals surface area contributed by atoms with Crippen LogP contribution in [0.1, 0.15) is 56.0 Å². The third-order valence-corrected chi connectivity index (χ3v) is 5.65. The molecular formula is C25H32FN3O2. The van der Waals surface area contributed by atoms with E-state index in [9.17, 15) is 14.0 Å². The molecule has 0 bridgehead atoms. The Kier molecular flexibility index (Phi) is 6.80. The standard InChI is InChI=1S/C25H32FN3O2/c1-16(22(27)24(31)29-13-12-21(26)15-29)17-8-10-18(11-9-17)19-6-5-7-20(14-19)23(30)28-25(2,3)4/h5-11,14,16,21-22H,12-13,15,27H2,1-4H3,(H,28,30)/t16-,21-,22-/m0/s1. The van der Waals surface area contributed by atoms with E-state index < -0.39 is 12.2 Å². The second-order valence-corrected chi connectivity index (χ2v) is 9.39. The van der Waals surface area contributed by atoms with Crippen molar-refractivity contribution in [3.8, 4) is 11.1 Å². The molecule has 3 atom stereocenters. The highest BCUT2D eigenvalue weighted by atomic mass is 19.1. The molecule has 0 aromatic heterocycles. The largest absolute Gasteiger partial charge is 0.347 e. The Morgan fingerprint density at radius 3 is 2.39 bits per heavy atom. The fraction of sp³-hybridized carbons (Fsp3) is 0.440. The third-order valence-electron chi connectivity index (χ3n) is 5.65. The van der Waals surface area contributed by atoms with Gasteiger partial charge in [0.1, 0.15) is 6.17 Å². The van der Waals surface area contributed by atoms with Crippen molar-refractivity contribution < 1.29 is 14.0 Å². The van der Waals surface area contributed by atoms with E-state index in [-0.39, 0.29) is 29.8 Å². The van der Waals surface area contributed by atoms with Crippen molar-refractivity contribution in [1.29, 1.82) is 0 Å². The average Bonchev–Trinajstić information content (AvgIpc) is 3.17. The quantitative estimate of drug-likeness (QED) is 0.763. The molecule has 0 saturated carbocycles. The predicted molar refractivity (Wildman–Crippen MR) is 122 cm³/mol. The van der Waals surface area contributed by atoms with Gasteiger partial charge >= 0.3 is 0 Å². The summed E-state index contributed by atoms with van der Waals surface area (Å²) in [4.78, 5) is 26.6. The molecule has 2 amide bonds. The Balaban J connectivity index is 1.72. The number of nitrogens with two attached hydrogens (primary N) is 1. The maximum atomic E-state index is 13.4. The molecule has 31 heavy (non-hydrogen) atoms. The van der Waals surface area contributed by atoms with Crippen molar-refractivity contribution >= 4 is 11.8 Å². The Morgan fingerprint density at radius 1 is 1.13 bits per heavy atom. The zero-order chi connectivity index (χ0) is 22.8. The Hall–Kier alpha value is -2.73. The number of nitrogens with one attached hydrogen (secondary N) is 1. The number of hydrogen-bond acceptors (Lipinski definition) is 3. The van der Waals surface area contributed by atoms with Crippen molar-refractivity contribution in [3.05, 3.63) is 59.7 Å². The summed E-state index contributed by atoms with van der Waals surface area (Å²) in [6.45, 7) is 8.32. The highest BCUT2D eigenvalue weighted by molar-refractivity contribution is 5.95. The van der Waals surface area contributed by atoms with E-state index in [4.69, 9.17) is 5.73 Å². The maximum Gasteiger partial charge on any atom is 0.251 e. The molecule has 0 spiro atoms. The van der Waals surface area contributed by atoms with Gasteiger partial charge in [0.2, 0.25) is 5.91 Å². The van der Waals surface area contributed by atoms with Gasteiger partial charge in [0.15, 0.2) is 0 Å². The summed E-state index contributed by atoms with van der Waals surface area (Å²) < 4.78 is 13.4. The molecule has 1 heterocycles. The minimum atomic E-state index is -0.952. The van der Waals surface area contributed by atoms with Crippen LogP contribution in [0.3, 0.4) is 0 Å². The molecule has 2 aromatic rings. The first-order chi connectivity index (χ1) is 14.5. The van der Waals surface area contributed by atoms with Crippen LogP contribution in [-0.2, 0) is 4.79 Å². The topological polar surface area (TPSA) is 75.4 Å². The number of carbonyl (C=O) groups is 2. The lowest BCUT2D eigenvalue weighted by Gasteiger charge is -2.25. The van der Waals surface area contributed by atoms with Crippen LogP contribution in [0.5, 0.6) is 0 Å². The summed E-state index contributed by atoms with van der Waals surface area (Å²) in [6.07, 6.45) is -0.569. The molecule has 1 fully saturated rings. The molecule has 0 unspecified atom stereocenters. The normalized spacial score (nSPS) is 18.5. The van der Waals surface area contributed by atoms with Crippen LogP contribution in [0.15, 0.2) is 48.5 Å². The Labute approximate surface area is 183 Å². The second kappa shape index (κ2) is 9.18. The first-order valence-electron chi connectivity index (χ1n) is 10.8. The second-order valence-electron chi connectivity index (χ2n) is 9.39. The summed E-state index contributed by atoms with van der Waals surface area (Å²) in [5, 5.41) is 2.97. The molecule has 3 N–H and O–H groups in total. The molecule has 1 aliphatic heterocycles. The summed E-state index contributed by atoms with van der Waals surface area (Å²) in [5.41, 5.74) is 9.37. The van der Waals surface area contributed by atoms with Crippen LogP contribution < -0.4 is 11.1 Å². The molecule has 2 aromatic carbocycles. The Morgan fingerprint density at radius 2 is 1.81 bits per heavy atom. The highest BCUT2D eigenvalue weighted by Crippen LogP contribution is 2.26. The molecular weight excluding hydrogens is 393 g/mol. The molecule has 5 nitrogen and oxygen atoms in total. The van der Waals surface area contributed by atoms with Gasteiger partial charge in [-0.05, 0) is 56.0 Å².